The second-order valence-electron chi connectivity index (χ2n) is 6.98. The predicted molar refractivity (Wildman–Crippen MR) is 114 cm³/mol. The lowest BCUT2D eigenvalue weighted by Crippen LogP contribution is -2.10. The number of nitrogens with one attached hydrogen (secondary N) is 2. The molecule has 0 saturated heterocycles. The van der Waals surface area contributed by atoms with E-state index >= 15 is 0 Å². The summed E-state index contributed by atoms with van der Waals surface area (Å²) in [7, 11) is -2.70. The first kappa shape index (κ1) is 21.8. The predicted octanol–water partition coefficient (Wildman–Crippen LogP) is 4.44. The first-order valence-corrected chi connectivity index (χ1v) is 10.7. The van der Waals surface area contributed by atoms with Gasteiger partial charge in [-0.2, -0.15) is 13.2 Å². The molecule has 10 heteroatoms. The SMILES string of the molecule is O=[SH](=O)NCc1ccccc1-c1ccc2[nH]c(COc3ccc(C(F)(F)F)cc3)nc2c1. The lowest BCUT2D eigenvalue weighted by atomic mass is 9.99. The summed E-state index contributed by atoms with van der Waals surface area (Å²) in [5.74, 6) is 0.827. The van der Waals surface area contributed by atoms with Gasteiger partial charge in [-0.1, -0.05) is 30.3 Å². The minimum atomic E-state index is -4.39. The van der Waals surface area contributed by atoms with Crippen molar-refractivity contribution in [1.82, 2.24) is 14.7 Å². The zero-order valence-corrected chi connectivity index (χ0v) is 17.4. The molecule has 0 unspecified atom stereocenters. The smallest absolute Gasteiger partial charge is 0.416 e. The summed E-state index contributed by atoms with van der Waals surface area (Å²) in [5, 5.41) is 0. The summed E-state index contributed by atoms with van der Waals surface area (Å²) in [6, 6.07) is 17.6. The molecule has 166 valence electrons. The summed E-state index contributed by atoms with van der Waals surface area (Å²) in [4.78, 5) is 7.63. The molecule has 0 radical (unpaired) electrons. The first-order valence-electron chi connectivity index (χ1n) is 9.54. The number of hydrogen-bond donors (Lipinski definition) is 3. The second kappa shape index (κ2) is 9.01. The summed E-state index contributed by atoms with van der Waals surface area (Å²) >= 11 is 0. The van der Waals surface area contributed by atoms with Gasteiger partial charge in [-0.25, -0.2) is 18.1 Å². The molecular weight excluding hydrogens is 443 g/mol. The van der Waals surface area contributed by atoms with Gasteiger partial charge < -0.3 is 9.72 Å². The number of fused-ring (bicyclic) bond motifs is 1. The zero-order chi connectivity index (χ0) is 22.7. The number of thiol groups is 1. The van der Waals surface area contributed by atoms with E-state index in [0.29, 0.717) is 17.1 Å². The van der Waals surface area contributed by atoms with Gasteiger partial charge in [0.15, 0.2) is 0 Å². The summed E-state index contributed by atoms with van der Waals surface area (Å²) in [6.45, 7) is 0.242. The van der Waals surface area contributed by atoms with Crippen molar-refractivity contribution in [3.63, 3.8) is 0 Å². The van der Waals surface area contributed by atoms with Gasteiger partial charge >= 0.3 is 6.18 Å². The van der Waals surface area contributed by atoms with Gasteiger partial charge in [0.1, 0.15) is 18.2 Å². The molecule has 6 nitrogen and oxygen atoms in total. The topological polar surface area (TPSA) is 84.1 Å². The van der Waals surface area contributed by atoms with Crippen LogP contribution in [0.4, 0.5) is 13.2 Å². The van der Waals surface area contributed by atoms with Crippen molar-refractivity contribution < 1.29 is 26.3 Å². The van der Waals surface area contributed by atoms with E-state index in [1.807, 2.05) is 42.5 Å². The van der Waals surface area contributed by atoms with Gasteiger partial charge in [0.2, 0.25) is 10.9 Å². The summed E-state index contributed by atoms with van der Waals surface area (Å²) in [5.41, 5.74) is 3.30. The van der Waals surface area contributed by atoms with Gasteiger partial charge in [0.05, 0.1) is 16.6 Å². The van der Waals surface area contributed by atoms with Crippen molar-refractivity contribution in [2.75, 3.05) is 0 Å². The van der Waals surface area contributed by atoms with E-state index in [9.17, 15) is 21.6 Å². The van der Waals surface area contributed by atoms with Crippen LogP contribution in [0.2, 0.25) is 0 Å². The molecule has 1 heterocycles. The lowest BCUT2D eigenvalue weighted by molar-refractivity contribution is -0.137. The highest BCUT2D eigenvalue weighted by Crippen LogP contribution is 2.30. The molecule has 0 bridgehead atoms. The summed E-state index contributed by atoms with van der Waals surface area (Å²) in [6.07, 6.45) is -4.39. The van der Waals surface area contributed by atoms with E-state index in [2.05, 4.69) is 14.7 Å². The number of aromatic amines is 1. The molecule has 1 aromatic heterocycles. The van der Waals surface area contributed by atoms with E-state index in [1.54, 1.807) is 0 Å². The maximum Gasteiger partial charge on any atom is 0.416 e. The third-order valence-electron chi connectivity index (χ3n) is 4.82. The number of aromatic nitrogens is 2. The Labute approximate surface area is 183 Å². The molecule has 0 fully saturated rings. The highest BCUT2D eigenvalue weighted by molar-refractivity contribution is 7.70. The minimum absolute atomic E-state index is 0.0619. The Morgan fingerprint density at radius 3 is 2.47 bits per heavy atom. The van der Waals surface area contributed by atoms with Crippen LogP contribution in [-0.2, 0) is 30.2 Å². The molecule has 0 atom stereocenters. The van der Waals surface area contributed by atoms with Crippen LogP contribution in [0.25, 0.3) is 22.2 Å². The Bertz CT molecular complexity index is 1310. The lowest BCUT2D eigenvalue weighted by Gasteiger charge is -2.08. The maximum absolute atomic E-state index is 12.7. The van der Waals surface area contributed by atoms with Crippen LogP contribution in [-0.4, -0.2) is 18.4 Å². The number of halogens is 3. The number of ether oxygens (including phenoxy) is 1. The van der Waals surface area contributed by atoms with Crippen LogP contribution in [0.3, 0.4) is 0 Å². The second-order valence-corrected chi connectivity index (χ2v) is 7.81. The number of hydrogen-bond acceptors (Lipinski definition) is 4. The molecule has 0 aliphatic heterocycles. The van der Waals surface area contributed by atoms with Gasteiger partial charge in [0, 0.05) is 6.54 Å². The Balaban J connectivity index is 1.51. The van der Waals surface area contributed by atoms with Crippen LogP contribution >= 0.6 is 0 Å². The first-order chi connectivity index (χ1) is 15.3. The van der Waals surface area contributed by atoms with E-state index in [1.165, 1.54) is 12.1 Å². The molecule has 4 aromatic rings. The number of rotatable bonds is 7. The summed E-state index contributed by atoms with van der Waals surface area (Å²) < 4.78 is 67.7. The normalized spacial score (nSPS) is 11.9. The number of imidazole rings is 1. The molecule has 0 saturated carbocycles. The molecule has 0 amide bonds. The highest BCUT2D eigenvalue weighted by atomic mass is 32.2. The third-order valence-corrected chi connectivity index (χ3v) is 5.23. The molecule has 0 aliphatic rings. The minimum Gasteiger partial charge on any atom is -0.486 e. The van der Waals surface area contributed by atoms with Gasteiger partial charge in [-0.15, -0.1) is 0 Å². The van der Waals surface area contributed by atoms with Gasteiger partial charge in [-0.3, -0.25) is 0 Å². The Kier molecular flexibility index (Phi) is 6.15. The molecule has 0 spiro atoms. The third kappa shape index (κ3) is 5.09. The van der Waals surface area contributed by atoms with Crippen molar-refractivity contribution in [3.05, 3.63) is 83.7 Å². The van der Waals surface area contributed by atoms with Crippen molar-refractivity contribution >= 4 is 21.9 Å². The molecule has 32 heavy (non-hydrogen) atoms. The number of nitrogens with zero attached hydrogens (tertiary/aromatic N) is 1. The van der Waals surface area contributed by atoms with Crippen molar-refractivity contribution in [1.29, 1.82) is 0 Å². The van der Waals surface area contributed by atoms with E-state index in [4.69, 9.17) is 4.74 Å². The number of alkyl halides is 3. The standard InChI is InChI=1S/C22H18F3N3O3S/c23-22(24,25)16-6-8-17(9-7-16)31-13-21-27-19-10-5-14(11-20(19)28-21)18-4-2-1-3-15(18)12-26-32(29)30/h1-11,32H,12-13H2,(H,27,28)(H,26,29,30). The quantitative estimate of drug-likeness (QED) is 0.355. The van der Waals surface area contributed by atoms with Crippen molar-refractivity contribution in [3.8, 4) is 16.9 Å². The number of benzene rings is 3. The Morgan fingerprint density at radius 1 is 1.00 bits per heavy atom. The average molecular weight is 461 g/mol. The maximum atomic E-state index is 12.7. The van der Waals surface area contributed by atoms with Crippen LogP contribution in [0.1, 0.15) is 17.0 Å². The van der Waals surface area contributed by atoms with Crippen LogP contribution in [0, 0.1) is 0 Å². The fourth-order valence-electron chi connectivity index (χ4n) is 3.29. The molecular formula is C22H18F3N3O3S. The molecule has 0 aliphatic carbocycles. The fraction of sp³-hybridized carbons (Fsp3) is 0.136. The van der Waals surface area contributed by atoms with Crippen molar-refractivity contribution in [2.24, 2.45) is 0 Å². The van der Waals surface area contributed by atoms with Crippen LogP contribution < -0.4 is 9.46 Å². The zero-order valence-electron chi connectivity index (χ0n) is 16.5. The van der Waals surface area contributed by atoms with Crippen LogP contribution in [0.15, 0.2) is 66.7 Å². The molecule has 4 rings (SSSR count). The van der Waals surface area contributed by atoms with E-state index in [-0.39, 0.29) is 13.2 Å². The Hall–Kier alpha value is -3.37. The Morgan fingerprint density at radius 2 is 1.75 bits per heavy atom. The van der Waals surface area contributed by atoms with E-state index in [0.717, 1.165) is 34.3 Å². The monoisotopic (exact) mass is 461 g/mol. The molecule has 2 N–H and O–H groups in total. The largest absolute Gasteiger partial charge is 0.486 e. The van der Waals surface area contributed by atoms with Crippen LogP contribution in [0.5, 0.6) is 5.75 Å². The van der Waals surface area contributed by atoms with Gasteiger partial charge in [-0.05, 0) is 53.1 Å². The van der Waals surface area contributed by atoms with Crippen molar-refractivity contribution in [2.45, 2.75) is 19.3 Å². The number of H-pyrrole nitrogens is 1. The van der Waals surface area contributed by atoms with Gasteiger partial charge in [0.25, 0.3) is 0 Å². The average Bonchev–Trinajstić information content (AvgIpc) is 3.18. The highest BCUT2D eigenvalue weighted by Gasteiger charge is 2.30. The van der Waals surface area contributed by atoms with E-state index < -0.39 is 22.6 Å². The fourth-order valence-corrected chi connectivity index (χ4v) is 3.59. The molecule has 3 aromatic carbocycles.